The Hall–Kier alpha value is -1.45. The maximum Gasteiger partial charge on any atom is 0.325 e. The van der Waals surface area contributed by atoms with Crippen molar-refractivity contribution in [2.45, 2.75) is 24.5 Å². The van der Waals surface area contributed by atoms with Crippen LogP contribution in [0.5, 0.6) is 0 Å². The Labute approximate surface area is 97.9 Å². The average molecular weight is 263 g/mol. The van der Waals surface area contributed by atoms with Crippen LogP contribution >= 0.6 is 0 Å². The predicted octanol–water partition coefficient (Wildman–Crippen LogP) is -1.37. The first-order valence-corrected chi connectivity index (χ1v) is 6.21. The molecule has 0 aliphatic heterocycles. The van der Waals surface area contributed by atoms with E-state index in [2.05, 4.69) is 9.82 Å². The van der Waals surface area contributed by atoms with Crippen LogP contribution in [0.3, 0.4) is 0 Å². The fourth-order valence-corrected chi connectivity index (χ4v) is 2.10. The molecule has 0 aliphatic carbocycles. The molecule has 1 heterocycles. The number of aliphatic carboxylic acids is 1. The first kappa shape index (κ1) is 13.6. The third kappa shape index (κ3) is 4.13. The number of aliphatic hydroxyl groups excluding tert-OH is 1. The Balaban J connectivity index is 2.78. The topological polar surface area (TPSA) is 122 Å². The van der Waals surface area contributed by atoms with Crippen molar-refractivity contribution in [1.82, 2.24) is 14.5 Å². The van der Waals surface area contributed by atoms with Gasteiger partial charge >= 0.3 is 5.97 Å². The van der Waals surface area contributed by atoms with Crippen molar-refractivity contribution in [3.63, 3.8) is 0 Å². The van der Waals surface area contributed by atoms with Gasteiger partial charge in [0.2, 0.25) is 10.0 Å². The van der Waals surface area contributed by atoms with Crippen LogP contribution in [0.2, 0.25) is 0 Å². The number of hydrogen-bond donors (Lipinski definition) is 3. The van der Waals surface area contributed by atoms with E-state index in [4.69, 9.17) is 10.2 Å². The molecule has 1 aromatic heterocycles. The summed E-state index contributed by atoms with van der Waals surface area (Å²) < 4.78 is 26.4. The van der Waals surface area contributed by atoms with Gasteiger partial charge in [-0.1, -0.05) is 0 Å². The van der Waals surface area contributed by atoms with Gasteiger partial charge in [0.1, 0.15) is 11.4 Å². The molecule has 0 bridgehead atoms. The summed E-state index contributed by atoms with van der Waals surface area (Å²) in [6, 6.07) is 0. The van der Waals surface area contributed by atoms with Crippen LogP contribution in [0.15, 0.2) is 17.3 Å². The number of aromatic nitrogens is 2. The van der Waals surface area contributed by atoms with Crippen molar-refractivity contribution in [2.75, 3.05) is 6.54 Å². The summed E-state index contributed by atoms with van der Waals surface area (Å²) >= 11 is 0. The van der Waals surface area contributed by atoms with Gasteiger partial charge in [0, 0.05) is 12.7 Å². The molecular weight excluding hydrogens is 250 g/mol. The van der Waals surface area contributed by atoms with Crippen LogP contribution in [0, 0.1) is 0 Å². The van der Waals surface area contributed by atoms with Crippen LogP contribution in [-0.4, -0.2) is 47.0 Å². The van der Waals surface area contributed by atoms with Gasteiger partial charge in [-0.2, -0.15) is 5.10 Å². The first-order chi connectivity index (χ1) is 7.81. The van der Waals surface area contributed by atoms with E-state index in [0.717, 1.165) is 17.1 Å². The van der Waals surface area contributed by atoms with E-state index in [0.29, 0.717) is 0 Å². The standard InChI is InChI=1S/C8H13N3O5S/c1-6(12)2-10-17(15,16)7-3-9-11(4-7)5-8(13)14/h3-4,6,10,12H,2,5H2,1H3,(H,13,14)/t6-/m0/s1. The van der Waals surface area contributed by atoms with Crippen LogP contribution in [-0.2, 0) is 21.4 Å². The molecule has 17 heavy (non-hydrogen) atoms. The largest absolute Gasteiger partial charge is 0.480 e. The lowest BCUT2D eigenvalue weighted by Gasteiger charge is -2.05. The molecular formula is C8H13N3O5S. The Kier molecular flexibility index (Phi) is 4.21. The van der Waals surface area contributed by atoms with Gasteiger partial charge in [0.05, 0.1) is 12.3 Å². The first-order valence-electron chi connectivity index (χ1n) is 4.73. The summed E-state index contributed by atoms with van der Waals surface area (Å²) in [5, 5.41) is 21.1. The maximum absolute atomic E-state index is 11.6. The smallest absolute Gasteiger partial charge is 0.325 e. The molecule has 0 amide bonds. The predicted molar refractivity (Wildman–Crippen MR) is 56.7 cm³/mol. The molecule has 1 aromatic rings. The minimum absolute atomic E-state index is 0.119. The van der Waals surface area contributed by atoms with Crippen LogP contribution in [0.25, 0.3) is 0 Å². The number of carboxylic acids is 1. The van der Waals surface area contributed by atoms with Crippen LogP contribution in [0.4, 0.5) is 0 Å². The molecule has 3 N–H and O–H groups in total. The Morgan fingerprint density at radius 2 is 2.29 bits per heavy atom. The number of sulfonamides is 1. The minimum atomic E-state index is -3.76. The summed E-state index contributed by atoms with van der Waals surface area (Å²) in [5.41, 5.74) is 0. The average Bonchev–Trinajstić information content (AvgIpc) is 2.63. The monoisotopic (exact) mass is 263 g/mol. The summed E-state index contributed by atoms with van der Waals surface area (Å²) in [7, 11) is -3.76. The van der Waals surface area contributed by atoms with Crippen LogP contribution in [0.1, 0.15) is 6.92 Å². The number of hydrogen-bond acceptors (Lipinski definition) is 5. The molecule has 1 atom stereocenters. The zero-order valence-corrected chi connectivity index (χ0v) is 9.88. The van der Waals surface area contributed by atoms with Crippen molar-refractivity contribution >= 4 is 16.0 Å². The summed E-state index contributed by atoms with van der Waals surface area (Å²) in [6.45, 7) is 0.911. The Morgan fingerprint density at radius 1 is 1.65 bits per heavy atom. The molecule has 0 saturated carbocycles. The number of rotatable bonds is 6. The van der Waals surface area contributed by atoms with Crippen molar-refractivity contribution in [3.05, 3.63) is 12.4 Å². The summed E-state index contributed by atoms with van der Waals surface area (Å²) in [5.74, 6) is -1.12. The van der Waals surface area contributed by atoms with Gasteiger partial charge in [-0.25, -0.2) is 13.1 Å². The maximum atomic E-state index is 11.6. The number of nitrogens with zero attached hydrogens (tertiary/aromatic N) is 2. The van der Waals surface area contributed by atoms with Gasteiger partial charge in [-0.15, -0.1) is 0 Å². The second-order valence-corrected chi connectivity index (χ2v) is 5.24. The summed E-state index contributed by atoms with van der Waals surface area (Å²) in [6.07, 6.45) is 1.35. The second kappa shape index (κ2) is 5.25. The highest BCUT2D eigenvalue weighted by Gasteiger charge is 2.17. The zero-order chi connectivity index (χ0) is 13.1. The van der Waals surface area contributed by atoms with Gasteiger partial charge in [0.15, 0.2) is 0 Å². The summed E-state index contributed by atoms with van der Waals surface area (Å²) in [4.78, 5) is 10.2. The van der Waals surface area contributed by atoms with Crippen molar-refractivity contribution in [1.29, 1.82) is 0 Å². The highest BCUT2D eigenvalue weighted by molar-refractivity contribution is 7.89. The lowest BCUT2D eigenvalue weighted by molar-refractivity contribution is -0.137. The highest BCUT2D eigenvalue weighted by atomic mass is 32.2. The third-order valence-corrected chi connectivity index (χ3v) is 3.16. The van der Waals surface area contributed by atoms with Crippen LogP contribution < -0.4 is 4.72 Å². The van der Waals surface area contributed by atoms with E-state index in [-0.39, 0.29) is 11.4 Å². The molecule has 1 rings (SSSR count). The molecule has 9 heteroatoms. The fourth-order valence-electron chi connectivity index (χ4n) is 1.02. The molecule has 0 aliphatic rings. The number of nitrogens with one attached hydrogen (secondary N) is 1. The Morgan fingerprint density at radius 3 is 2.82 bits per heavy atom. The number of aliphatic hydroxyl groups is 1. The van der Waals surface area contributed by atoms with Crippen molar-refractivity contribution in [3.8, 4) is 0 Å². The molecule has 8 nitrogen and oxygen atoms in total. The molecule has 96 valence electrons. The molecule has 0 saturated heterocycles. The highest BCUT2D eigenvalue weighted by Crippen LogP contribution is 2.06. The van der Waals surface area contributed by atoms with E-state index in [9.17, 15) is 13.2 Å². The molecule has 0 radical (unpaired) electrons. The van der Waals surface area contributed by atoms with Gasteiger partial charge in [-0.3, -0.25) is 9.48 Å². The van der Waals surface area contributed by atoms with E-state index >= 15 is 0 Å². The third-order valence-electron chi connectivity index (χ3n) is 1.79. The minimum Gasteiger partial charge on any atom is -0.480 e. The molecule has 0 fully saturated rings. The molecule has 0 spiro atoms. The molecule has 0 unspecified atom stereocenters. The van der Waals surface area contributed by atoms with Gasteiger partial charge in [-0.05, 0) is 6.92 Å². The van der Waals surface area contributed by atoms with Crippen molar-refractivity contribution < 1.29 is 23.4 Å². The van der Waals surface area contributed by atoms with E-state index in [1.807, 2.05) is 0 Å². The van der Waals surface area contributed by atoms with Gasteiger partial charge < -0.3 is 10.2 Å². The van der Waals surface area contributed by atoms with E-state index in [1.165, 1.54) is 6.92 Å². The quantitative estimate of drug-likeness (QED) is 0.582. The number of carbonyl (C=O) groups is 1. The number of carboxylic acid groups (broad SMARTS) is 1. The zero-order valence-electron chi connectivity index (χ0n) is 9.07. The normalized spacial score (nSPS) is 13.5. The van der Waals surface area contributed by atoms with E-state index < -0.39 is 28.6 Å². The lowest BCUT2D eigenvalue weighted by atomic mass is 10.4. The second-order valence-electron chi connectivity index (χ2n) is 3.47. The van der Waals surface area contributed by atoms with Crippen molar-refractivity contribution in [2.24, 2.45) is 0 Å². The lowest BCUT2D eigenvalue weighted by Crippen LogP contribution is -2.30. The SMILES string of the molecule is C[C@H](O)CNS(=O)(=O)c1cnn(CC(=O)O)c1. The fraction of sp³-hybridized carbons (Fsp3) is 0.500. The Bertz CT molecular complexity index is 493. The molecule has 0 aromatic carbocycles. The van der Waals surface area contributed by atoms with E-state index in [1.54, 1.807) is 0 Å². The van der Waals surface area contributed by atoms with Gasteiger partial charge in [0.25, 0.3) is 0 Å².